The van der Waals surface area contributed by atoms with Crippen LogP contribution in [-0.4, -0.2) is 9.78 Å². The van der Waals surface area contributed by atoms with E-state index in [1.54, 1.807) is 0 Å². The summed E-state index contributed by atoms with van der Waals surface area (Å²) in [5, 5.41) is 4.35. The van der Waals surface area contributed by atoms with Gasteiger partial charge in [0.05, 0.1) is 11.6 Å². The van der Waals surface area contributed by atoms with Crippen LogP contribution in [0.2, 0.25) is 5.15 Å². The zero-order valence-electron chi connectivity index (χ0n) is 10.1. The summed E-state index contributed by atoms with van der Waals surface area (Å²) in [5.41, 5.74) is 1.08. The lowest BCUT2D eigenvalue weighted by molar-refractivity contribution is 0.491. The topological polar surface area (TPSA) is 17.8 Å². The number of hydrogen-bond donors (Lipinski definition) is 0. The molecule has 0 aliphatic heterocycles. The Morgan fingerprint density at radius 1 is 1.15 bits per heavy atom. The highest BCUT2D eigenvalue weighted by Gasteiger charge is 2.31. The molecule has 2 nitrogen and oxygen atoms in total. The van der Waals surface area contributed by atoms with E-state index in [9.17, 15) is 13.2 Å². The molecule has 0 spiro atoms. The lowest BCUT2D eigenvalue weighted by Crippen LogP contribution is -2.03. The average Bonchev–Trinajstić information content (AvgIpc) is 3.19. The van der Waals surface area contributed by atoms with Crippen LogP contribution >= 0.6 is 23.2 Å². The summed E-state index contributed by atoms with van der Waals surface area (Å²) in [6.45, 7) is 0. The van der Waals surface area contributed by atoms with Crippen LogP contribution in [0, 0.1) is 17.5 Å². The van der Waals surface area contributed by atoms with Gasteiger partial charge in [-0.2, -0.15) is 5.10 Å². The maximum Gasteiger partial charge on any atom is 0.161 e. The number of rotatable bonds is 3. The van der Waals surface area contributed by atoms with Crippen molar-refractivity contribution < 1.29 is 13.2 Å². The molecular formula is C13H9Cl2F3N2. The van der Waals surface area contributed by atoms with E-state index in [1.807, 2.05) is 0 Å². The fourth-order valence-corrected chi connectivity index (χ4v) is 2.71. The highest BCUT2D eigenvalue weighted by molar-refractivity contribution is 6.31. The number of nitrogens with zero attached hydrogens (tertiary/aromatic N) is 2. The van der Waals surface area contributed by atoms with Gasteiger partial charge in [0.1, 0.15) is 10.8 Å². The SMILES string of the molecule is Fc1cc(F)c(-n2nc(C3CC3)c(CCl)c2Cl)cc1F. The molecule has 1 heterocycles. The van der Waals surface area contributed by atoms with Gasteiger partial charge in [-0.3, -0.25) is 0 Å². The predicted molar refractivity (Wildman–Crippen MR) is 70.0 cm³/mol. The molecule has 0 unspecified atom stereocenters. The smallest absolute Gasteiger partial charge is 0.161 e. The van der Waals surface area contributed by atoms with Crippen LogP contribution in [-0.2, 0) is 5.88 Å². The summed E-state index contributed by atoms with van der Waals surface area (Å²) >= 11 is 12.0. The van der Waals surface area contributed by atoms with Gasteiger partial charge in [0.2, 0.25) is 0 Å². The molecule has 0 atom stereocenters. The molecule has 7 heteroatoms. The molecule has 1 aliphatic rings. The van der Waals surface area contributed by atoms with E-state index in [-0.39, 0.29) is 22.6 Å². The number of aromatic nitrogens is 2. The highest BCUT2D eigenvalue weighted by Crippen LogP contribution is 2.43. The van der Waals surface area contributed by atoms with Crippen molar-refractivity contribution in [2.45, 2.75) is 24.6 Å². The third kappa shape index (κ3) is 2.19. The standard InChI is InChI=1S/C13H9Cl2F3N2/c14-5-7-12(6-1-2-6)19-20(13(7)15)11-4-9(17)8(16)3-10(11)18/h3-4,6H,1-2,5H2. The molecule has 20 heavy (non-hydrogen) atoms. The van der Waals surface area contributed by atoms with Crippen molar-refractivity contribution in [1.29, 1.82) is 0 Å². The van der Waals surface area contributed by atoms with E-state index in [0.717, 1.165) is 23.6 Å². The van der Waals surface area contributed by atoms with Crippen LogP contribution in [0.25, 0.3) is 5.69 Å². The molecule has 106 valence electrons. The molecule has 1 aromatic heterocycles. The van der Waals surface area contributed by atoms with Crippen molar-refractivity contribution in [3.8, 4) is 5.69 Å². The summed E-state index contributed by atoms with van der Waals surface area (Å²) < 4.78 is 41.1. The Labute approximate surface area is 123 Å². The minimum atomic E-state index is -1.26. The Hall–Kier alpha value is -1.20. The zero-order valence-corrected chi connectivity index (χ0v) is 11.6. The van der Waals surface area contributed by atoms with Gasteiger partial charge in [-0.05, 0) is 12.8 Å². The first-order chi connectivity index (χ1) is 9.52. The van der Waals surface area contributed by atoms with E-state index in [1.165, 1.54) is 0 Å². The number of alkyl halides is 1. The maximum atomic E-state index is 13.8. The minimum Gasteiger partial charge on any atom is -0.219 e. The van der Waals surface area contributed by atoms with Crippen LogP contribution in [0.15, 0.2) is 12.1 Å². The predicted octanol–water partition coefficient (Wildman–Crippen LogP) is 4.56. The van der Waals surface area contributed by atoms with Crippen molar-refractivity contribution in [3.05, 3.63) is 46.0 Å². The van der Waals surface area contributed by atoms with Crippen molar-refractivity contribution in [2.24, 2.45) is 0 Å². The first-order valence-corrected chi connectivity index (χ1v) is 6.92. The van der Waals surface area contributed by atoms with E-state index in [2.05, 4.69) is 5.10 Å². The number of benzene rings is 1. The molecule has 1 saturated carbocycles. The van der Waals surface area contributed by atoms with Crippen molar-refractivity contribution >= 4 is 23.2 Å². The fourth-order valence-electron chi connectivity index (χ4n) is 2.09. The quantitative estimate of drug-likeness (QED) is 0.599. The molecular weight excluding hydrogens is 312 g/mol. The average molecular weight is 321 g/mol. The van der Waals surface area contributed by atoms with Gasteiger partial charge >= 0.3 is 0 Å². The van der Waals surface area contributed by atoms with Gasteiger partial charge in [0.15, 0.2) is 17.5 Å². The van der Waals surface area contributed by atoms with Crippen LogP contribution < -0.4 is 0 Å². The third-order valence-corrected chi connectivity index (χ3v) is 3.92. The largest absolute Gasteiger partial charge is 0.219 e. The molecule has 1 fully saturated rings. The second kappa shape index (κ2) is 4.97. The second-order valence-corrected chi connectivity index (χ2v) is 5.32. The normalized spacial score (nSPS) is 14.8. The molecule has 0 radical (unpaired) electrons. The maximum absolute atomic E-state index is 13.8. The monoisotopic (exact) mass is 320 g/mol. The Morgan fingerprint density at radius 3 is 2.40 bits per heavy atom. The van der Waals surface area contributed by atoms with E-state index in [0.29, 0.717) is 17.3 Å². The van der Waals surface area contributed by atoms with Gasteiger partial charge in [-0.15, -0.1) is 11.6 Å². The molecule has 1 aromatic carbocycles. The minimum absolute atomic E-state index is 0.131. The highest BCUT2D eigenvalue weighted by atomic mass is 35.5. The summed E-state index contributed by atoms with van der Waals surface area (Å²) in [7, 11) is 0. The van der Waals surface area contributed by atoms with Gasteiger partial charge in [0, 0.05) is 23.6 Å². The Bertz CT molecular complexity index is 681. The summed E-state index contributed by atoms with van der Waals surface area (Å²) in [5.74, 6) is -2.95. The molecule has 3 rings (SSSR count). The van der Waals surface area contributed by atoms with Crippen molar-refractivity contribution in [2.75, 3.05) is 0 Å². The van der Waals surface area contributed by atoms with Crippen LogP contribution in [0.5, 0.6) is 0 Å². The lowest BCUT2D eigenvalue weighted by Gasteiger charge is -2.05. The molecule has 0 amide bonds. The van der Waals surface area contributed by atoms with Crippen LogP contribution in [0.1, 0.15) is 30.0 Å². The van der Waals surface area contributed by atoms with Gasteiger partial charge in [-0.1, -0.05) is 11.6 Å². The first-order valence-electron chi connectivity index (χ1n) is 6.01. The lowest BCUT2D eigenvalue weighted by atomic mass is 10.2. The molecule has 0 saturated heterocycles. The van der Waals surface area contributed by atoms with E-state index < -0.39 is 17.5 Å². The second-order valence-electron chi connectivity index (χ2n) is 4.69. The molecule has 1 aliphatic carbocycles. The van der Waals surface area contributed by atoms with Crippen molar-refractivity contribution in [3.63, 3.8) is 0 Å². The van der Waals surface area contributed by atoms with Gasteiger partial charge < -0.3 is 0 Å². The van der Waals surface area contributed by atoms with Crippen LogP contribution in [0.3, 0.4) is 0 Å². The fraction of sp³-hybridized carbons (Fsp3) is 0.308. The first kappa shape index (κ1) is 13.8. The number of halogens is 5. The Kier molecular flexibility index (Phi) is 3.42. The summed E-state index contributed by atoms with van der Waals surface area (Å²) in [6.07, 6.45) is 1.94. The summed E-state index contributed by atoms with van der Waals surface area (Å²) in [6, 6.07) is 1.21. The molecule has 0 N–H and O–H groups in total. The number of hydrogen-bond acceptors (Lipinski definition) is 1. The van der Waals surface area contributed by atoms with E-state index in [4.69, 9.17) is 23.2 Å². The van der Waals surface area contributed by atoms with Crippen LogP contribution in [0.4, 0.5) is 13.2 Å². The Balaban J connectivity index is 2.17. The summed E-state index contributed by atoms with van der Waals surface area (Å²) in [4.78, 5) is 0. The Morgan fingerprint density at radius 2 is 1.80 bits per heavy atom. The van der Waals surface area contributed by atoms with Gasteiger partial charge in [0.25, 0.3) is 0 Å². The third-order valence-electron chi connectivity index (χ3n) is 3.27. The zero-order chi connectivity index (χ0) is 14.4. The van der Waals surface area contributed by atoms with Crippen molar-refractivity contribution in [1.82, 2.24) is 9.78 Å². The van der Waals surface area contributed by atoms with E-state index >= 15 is 0 Å². The molecule has 2 aromatic rings. The molecule has 0 bridgehead atoms. The van der Waals surface area contributed by atoms with Gasteiger partial charge in [-0.25, -0.2) is 17.9 Å².